The predicted octanol–water partition coefficient (Wildman–Crippen LogP) is 6.61. The summed E-state index contributed by atoms with van der Waals surface area (Å²) >= 11 is 0. The molecule has 0 aliphatic carbocycles. The molecule has 0 aliphatic heterocycles. The van der Waals surface area contributed by atoms with Crippen molar-refractivity contribution in [2.24, 2.45) is 5.92 Å². The van der Waals surface area contributed by atoms with Crippen molar-refractivity contribution in [1.29, 1.82) is 0 Å². The number of carbonyl (C=O) groups is 1. The number of allylic oxidation sites excluding steroid dienone is 1. The van der Waals surface area contributed by atoms with Gasteiger partial charge in [-0.15, -0.1) is 0 Å². The van der Waals surface area contributed by atoms with Gasteiger partial charge in [-0.25, -0.2) is 0 Å². The highest BCUT2D eigenvalue weighted by Gasteiger charge is 2.35. The van der Waals surface area contributed by atoms with Gasteiger partial charge in [-0.1, -0.05) is 77.9 Å². The van der Waals surface area contributed by atoms with Crippen molar-refractivity contribution in [3.05, 3.63) is 102 Å². The maximum atomic E-state index is 14.0. The van der Waals surface area contributed by atoms with Crippen LogP contribution < -0.4 is 0 Å². The molecule has 36 heavy (non-hydrogen) atoms. The second kappa shape index (κ2) is 12.4. The third-order valence-corrected chi connectivity index (χ3v) is 9.50. The zero-order chi connectivity index (χ0) is 26.3. The van der Waals surface area contributed by atoms with Crippen LogP contribution in [0.2, 0.25) is 0 Å². The molecule has 0 unspecified atom stereocenters. The first kappa shape index (κ1) is 27.8. The summed E-state index contributed by atoms with van der Waals surface area (Å²) in [4.78, 5) is 14.1. The summed E-state index contributed by atoms with van der Waals surface area (Å²) in [6.45, 7) is 9.36. The Labute approximate surface area is 219 Å². The summed E-state index contributed by atoms with van der Waals surface area (Å²) in [5.74, 6) is -1.01. The van der Waals surface area contributed by atoms with Crippen molar-refractivity contribution < 1.29 is 17.9 Å². The van der Waals surface area contributed by atoms with Crippen molar-refractivity contribution in [3.63, 3.8) is 0 Å². The summed E-state index contributed by atoms with van der Waals surface area (Å²) in [5, 5.41) is 0. The highest BCUT2D eigenvalue weighted by atomic mass is 32.2. The molecule has 0 saturated carbocycles. The van der Waals surface area contributed by atoms with Gasteiger partial charge >= 0.3 is 5.97 Å². The van der Waals surface area contributed by atoms with E-state index in [1.165, 1.54) is 0 Å². The molecular formula is C30H34O4S2. The lowest BCUT2D eigenvalue weighted by atomic mass is 10.0. The summed E-state index contributed by atoms with van der Waals surface area (Å²) < 4.78 is 32.7. The molecule has 4 nitrogen and oxygen atoms in total. The van der Waals surface area contributed by atoms with Gasteiger partial charge in [0.15, 0.2) is 0 Å². The quantitative estimate of drug-likeness (QED) is 0.297. The van der Waals surface area contributed by atoms with E-state index >= 15 is 0 Å². The van der Waals surface area contributed by atoms with Crippen molar-refractivity contribution in [2.75, 3.05) is 0 Å². The normalized spacial score (nSPS) is 14.5. The standard InChI is InChI=1S/C30H34O4S2/c1-22-11-17-26(18-12-22)35(32)29(36(33)27-19-13-23(2)14-20-27)25(21-28(31)34-30(3,4)5)16-15-24-9-7-6-8-10-24/h6-20,25,29H,21H2,1-5H3/b16-15+/t25-,35+,36+/m1/s1. The van der Waals surface area contributed by atoms with Crippen LogP contribution in [-0.2, 0) is 31.1 Å². The van der Waals surface area contributed by atoms with Crippen LogP contribution in [0.1, 0.15) is 43.9 Å². The Morgan fingerprint density at radius 2 is 1.28 bits per heavy atom. The van der Waals surface area contributed by atoms with Crippen LogP contribution >= 0.6 is 0 Å². The molecule has 0 aromatic heterocycles. The minimum absolute atomic E-state index is 0.0412. The van der Waals surface area contributed by atoms with Gasteiger partial charge in [0.1, 0.15) is 10.2 Å². The number of hydrogen-bond acceptors (Lipinski definition) is 4. The third kappa shape index (κ3) is 8.10. The van der Waals surface area contributed by atoms with Gasteiger partial charge in [-0.3, -0.25) is 13.2 Å². The van der Waals surface area contributed by atoms with Crippen molar-refractivity contribution in [2.45, 2.75) is 61.0 Å². The lowest BCUT2D eigenvalue weighted by Crippen LogP contribution is -2.33. The highest BCUT2D eigenvalue weighted by Crippen LogP contribution is 2.30. The van der Waals surface area contributed by atoms with Gasteiger partial charge in [0.25, 0.3) is 0 Å². The van der Waals surface area contributed by atoms with E-state index in [1.807, 2.05) is 101 Å². The predicted molar refractivity (Wildman–Crippen MR) is 148 cm³/mol. The summed E-state index contributed by atoms with van der Waals surface area (Å²) in [5.41, 5.74) is 2.36. The Hall–Kier alpha value is -2.83. The molecule has 190 valence electrons. The number of carbonyl (C=O) groups excluding carboxylic acids is 1. The molecule has 0 amide bonds. The molecule has 3 atom stereocenters. The van der Waals surface area contributed by atoms with Crippen LogP contribution in [0.25, 0.3) is 6.08 Å². The van der Waals surface area contributed by atoms with Gasteiger partial charge in [0.2, 0.25) is 0 Å². The maximum absolute atomic E-state index is 14.0. The van der Waals surface area contributed by atoms with Gasteiger partial charge in [-0.05, 0) is 64.4 Å². The zero-order valence-electron chi connectivity index (χ0n) is 21.5. The van der Waals surface area contributed by atoms with E-state index in [4.69, 9.17) is 4.74 Å². The van der Waals surface area contributed by atoms with Gasteiger partial charge < -0.3 is 4.74 Å². The van der Waals surface area contributed by atoms with E-state index in [0.29, 0.717) is 9.79 Å². The van der Waals surface area contributed by atoms with Crippen LogP contribution in [-0.4, -0.2) is 24.6 Å². The molecule has 0 aliphatic rings. The summed E-state index contributed by atoms with van der Waals surface area (Å²) in [7, 11) is -3.30. The van der Waals surface area contributed by atoms with E-state index in [2.05, 4.69) is 0 Å². The molecule has 0 radical (unpaired) electrons. The van der Waals surface area contributed by atoms with Gasteiger partial charge in [0, 0.05) is 15.7 Å². The fourth-order valence-corrected chi connectivity index (χ4v) is 7.30. The van der Waals surface area contributed by atoms with E-state index in [0.717, 1.165) is 16.7 Å². The van der Waals surface area contributed by atoms with Crippen LogP contribution in [0.15, 0.2) is 94.7 Å². The molecule has 3 aromatic rings. The van der Waals surface area contributed by atoms with Crippen LogP contribution in [0, 0.1) is 19.8 Å². The minimum atomic E-state index is -1.65. The Morgan fingerprint density at radius 3 is 1.72 bits per heavy atom. The maximum Gasteiger partial charge on any atom is 0.306 e. The molecule has 3 aromatic carbocycles. The molecule has 0 bridgehead atoms. The van der Waals surface area contributed by atoms with Gasteiger partial charge in [0.05, 0.1) is 28.0 Å². The van der Waals surface area contributed by atoms with E-state index < -0.39 is 43.7 Å². The van der Waals surface area contributed by atoms with Crippen molar-refractivity contribution in [1.82, 2.24) is 0 Å². The van der Waals surface area contributed by atoms with Crippen molar-refractivity contribution >= 4 is 33.6 Å². The third-order valence-electron chi connectivity index (χ3n) is 5.44. The van der Waals surface area contributed by atoms with Crippen LogP contribution in [0.3, 0.4) is 0 Å². The average molecular weight is 523 g/mol. The Morgan fingerprint density at radius 1 is 0.806 bits per heavy atom. The molecule has 0 heterocycles. The fraction of sp³-hybridized carbons (Fsp3) is 0.300. The molecular weight excluding hydrogens is 488 g/mol. The number of ether oxygens (including phenoxy) is 1. The van der Waals surface area contributed by atoms with E-state index in [9.17, 15) is 13.2 Å². The van der Waals surface area contributed by atoms with E-state index in [1.54, 1.807) is 24.3 Å². The SMILES string of the molecule is Cc1ccc([S@](=O)C([C@H](/C=C/c2ccccc2)CC(=O)OC(C)(C)C)[S@@](=O)c2ccc(C)cc2)cc1. The molecule has 0 saturated heterocycles. The number of rotatable bonds is 9. The number of benzene rings is 3. The molecule has 0 fully saturated rings. The lowest BCUT2D eigenvalue weighted by molar-refractivity contribution is -0.155. The van der Waals surface area contributed by atoms with Crippen LogP contribution in [0.4, 0.5) is 0 Å². The summed E-state index contributed by atoms with van der Waals surface area (Å²) in [6, 6.07) is 24.4. The second-order valence-corrected chi connectivity index (χ2v) is 13.3. The topological polar surface area (TPSA) is 60.4 Å². The monoisotopic (exact) mass is 522 g/mol. The Bertz CT molecular complexity index is 1170. The smallest absolute Gasteiger partial charge is 0.306 e. The number of esters is 1. The average Bonchev–Trinajstić information content (AvgIpc) is 2.82. The van der Waals surface area contributed by atoms with Crippen LogP contribution in [0.5, 0.6) is 0 Å². The van der Waals surface area contributed by atoms with Gasteiger partial charge in [-0.2, -0.15) is 0 Å². The Kier molecular flexibility index (Phi) is 9.57. The minimum Gasteiger partial charge on any atom is -0.460 e. The Balaban J connectivity index is 2.07. The first-order chi connectivity index (χ1) is 17.0. The molecule has 6 heteroatoms. The van der Waals surface area contributed by atoms with E-state index in [-0.39, 0.29) is 6.42 Å². The lowest BCUT2D eigenvalue weighted by Gasteiger charge is -2.26. The first-order valence-electron chi connectivity index (χ1n) is 11.9. The molecule has 0 spiro atoms. The zero-order valence-corrected chi connectivity index (χ0v) is 23.1. The first-order valence-corrected chi connectivity index (χ1v) is 14.4. The largest absolute Gasteiger partial charge is 0.460 e. The molecule has 3 rings (SSSR count). The highest BCUT2D eigenvalue weighted by molar-refractivity contribution is 8.03. The second-order valence-electron chi connectivity index (χ2n) is 9.81. The summed E-state index contributed by atoms with van der Waals surface area (Å²) in [6.07, 6.45) is 3.70. The number of aryl methyl sites for hydroxylation is 2. The fourth-order valence-electron chi connectivity index (χ4n) is 3.64. The number of hydrogen-bond donors (Lipinski definition) is 0. The van der Waals surface area contributed by atoms with Crippen molar-refractivity contribution in [3.8, 4) is 0 Å². The molecule has 0 N–H and O–H groups in total.